The van der Waals surface area contributed by atoms with Gasteiger partial charge in [0, 0.05) is 24.8 Å². The summed E-state index contributed by atoms with van der Waals surface area (Å²) in [5.74, 6) is -0.858. The second-order valence-electron chi connectivity index (χ2n) is 7.46. The molecule has 4 rings (SSSR count). The minimum Gasteiger partial charge on any atom is -0.352 e. The second-order valence-corrected chi connectivity index (χ2v) is 7.46. The van der Waals surface area contributed by atoms with Crippen LogP contribution in [0.15, 0.2) is 59.7 Å². The number of carbonyl (C=O) groups excluding carboxylic acids is 2. The van der Waals surface area contributed by atoms with Crippen molar-refractivity contribution in [2.45, 2.75) is 25.4 Å². The molecular formula is C22H22FN5O3. The molecule has 2 heterocycles. The first-order valence-corrected chi connectivity index (χ1v) is 10.0. The smallest absolute Gasteiger partial charge is 0.321 e. The van der Waals surface area contributed by atoms with Gasteiger partial charge in [-0.05, 0) is 43.2 Å². The molecule has 2 aromatic carbocycles. The van der Waals surface area contributed by atoms with Crippen LogP contribution in [0, 0.1) is 5.82 Å². The molecule has 3 aromatic rings. The molecule has 0 radical (unpaired) electrons. The number of carbonyl (C=O) groups is 2. The van der Waals surface area contributed by atoms with E-state index in [9.17, 15) is 18.8 Å². The average molecular weight is 423 g/mol. The molecular weight excluding hydrogens is 401 g/mol. The number of aromatic nitrogens is 2. The number of benzene rings is 2. The summed E-state index contributed by atoms with van der Waals surface area (Å²) in [5, 5.41) is 5.89. The Morgan fingerprint density at radius 2 is 1.84 bits per heavy atom. The molecule has 1 aromatic heterocycles. The van der Waals surface area contributed by atoms with Crippen molar-refractivity contribution in [2.75, 3.05) is 18.4 Å². The molecule has 1 saturated heterocycles. The fourth-order valence-electron chi connectivity index (χ4n) is 3.62. The summed E-state index contributed by atoms with van der Waals surface area (Å²) in [6.07, 6.45) is 2.52. The van der Waals surface area contributed by atoms with Crippen molar-refractivity contribution in [3.05, 3.63) is 71.0 Å². The summed E-state index contributed by atoms with van der Waals surface area (Å²) >= 11 is 0. The summed E-state index contributed by atoms with van der Waals surface area (Å²) in [5.41, 5.74) is 0.647. The van der Waals surface area contributed by atoms with Crippen molar-refractivity contribution in [1.29, 1.82) is 0 Å². The van der Waals surface area contributed by atoms with Crippen molar-refractivity contribution < 1.29 is 14.0 Å². The Labute approximate surface area is 177 Å². The quantitative estimate of drug-likeness (QED) is 0.673. The Kier molecular flexibility index (Phi) is 5.92. The van der Waals surface area contributed by atoms with E-state index in [0.717, 1.165) is 11.8 Å². The van der Waals surface area contributed by atoms with E-state index in [0.29, 0.717) is 31.4 Å². The van der Waals surface area contributed by atoms with Gasteiger partial charge in [0.25, 0.3) is 5.56 Å². The van der Waals surface area contributed by atoms with Gasteiger partial charge in [-0.1, -0.05) is 18.2 Å². The number of para-hydroxylation sites is 1. The number of anilines is 1. The lowest BCUT2D eigenvalue weighted by Gasteiger charge is -2.32. The van der Waals surface area contributed by atoms with Crippen LogP contribution >= 0.6 is 0 Å². The minimum absolute atomic E-state index is 0.0881. The van der Waals surface area contributed by atoms with Gasteiger partial charge < -0.3 is 15.5 Å². The number of likely N-dealkylation sites (tertiary alicyclic amines) is 1. The van der Waals surface area contributed by atoms with Crippen molar-refractivity contribution in [1.82, 2.24) is 19.8 Å². The molecule has 31 heavy (non-hydrogen) atoms. The first-order valence-electron chi connectivity index (χ1n) is 10.0. The van der Waals surface area contributed by atoms with Crippen molar-refractivity contribution >= 4 is 28.5 Å². The Bertz CT molecular complexity index is 1160. The molecule has 8 nitrogen and oxygen atoms in total. The Morgan fingerprint density at radius 3 is 2.58 bits per heavy atom. The van der Waals surface area contributed by atoms with Gasteiger partial charge in [0.15, 0.2) is 0 Å². The summed E-state index contributed by atoms with van der Waals surface area (Å²) in [7, 11) is 0. The number of rotatable bonds is 4. The number of fused-ring (bicyclic) bond motifs is 1. The lowest BCUT2D eigenvalue weighted by Crippen LogP contribution is -2.48. The Morgan fingerprint density at radius 1 is 1.10 bits per heavy atom. The third-order valence-electron chi connectivity index (χ3n) is 5.27. The molecule has 0 bridgehead atoms. The maximum Gasteiger partial charge on any atom is 0.321 e. The lowest BCUT2D eigenvalue weighted by atomic mass is 10.1. The van der Waals surface area contributed by atoms with E-state index in [4.69, 9.17) is 0 Å². The molecule has 0 aliphatic carbocycles. The summed E-state index contributed by atoms with van der Waals surface area (Å²) in [4.78, 5) is 43.1. The number of piperidine rings is 1. The molecule has 1 aliphatic rings. The van der Waals surface area contributed by atoms with Gasteiger partial charge in [-0.25, -0.2) is 14.2 Å². The fourth-order valence-corrected chi connectivity index (χ4v) is 3.62. The molecule has 0 saturated carbocycles. The molecule has 2 N–H and O–H groups in total. The third-order valence-corrected chi connectivity index (χ3v) is 5.27. The first kappa shape index (κ1) is 20.5. The average Bonchev–Trinajstić information content (AvgIpc) is 2.77. The van der Waals surface area contributed by atoms with Crippen LogP contribution in [0.5, 0.6) is 0 Å². The van der Waals surface area contributed by atoms with Gasteiger partial charge in [-0.2, -0.15) is 0 Å². The van der Waals surface area contributed by atoms with Crippen LogP contribution in [0.2, 0.25) is 0 Å². The molecule has 9 heteroatoms. The predicted molar refractivity (Wildman–Crippen MR) is 114 cm³/mol. The van der Waals surface area contributed by atoms with Crippen LogP contribution in [0.4, 0.5) is 14.9 Å². The van der Waals surface area contributed by atoms with Crippen LogP contribution in [0.1, 0.15) is 12.8 Å². The zero-order chi connectivity index (χ0) is 21.8. The maximum atomic E-state index is 13.4. The molecule has 160 valence electrons. The summed E-state index contributed by atoms with van der Waals surface area (Å²) in [6, 6.07) is 12.8. The van der Waals surface area contributed by atoms with E-state index in [1.54, 1.807) is 4.90 Å². The number of nitrogens with zero attached hydrogens (tertiary/aromatic N) is 3. The van der Waals surface area contributed by atoms with E-state index in [1.165, 1.54) is 23.0 Å². The van der Waals surface area contributed by atoms with E-state index < -0.39 is 11.4 Å². The highest BCUT2D eigenvalue weighted by Gasteiger charge is 2.24. The standard InChI is InChI=1S/C22H22FN5O3/c23-15-6-7-19-18(12-15)21(30)28(14-24-19)13-20(29)25-17-8-10-27(11-9-17)22(31)26-16-4-2-1-3-5-16/h1-7,12,14,17H,8-11,13H2,(H,25,29)(H,26,31). The highest BCUT2D eigenvalue weighted by Crippen LogP contribution is 2.13. The van der Waals surface area contributed by atoms with Crippen LogP contribution in [-0.2, 0) is 11.3 Å². The number of amides is 3. The Hall–Kier alpha value is -3.75. The summed E-state index contributed by atoms with van der Waals surface area (Å²) in [6.45, 7) is 0.827. The van der Waals surface area contributed by atoms with E-state index in [1.807, 2.05) is 30.3 Å². The van der Waals surface area contributed by atoms with Crippen LogP contribution in [0.25, 0.3) is 10.9 Å². The van der Waals surface area contributed by atoms with Gasteiger partial charge in [0.1, 0.15) is 12.4 Å². The molecule has 3 amide bonds. The molecule has 0 unspecified atom stereocenters. The monoisotopic (exact) mass is 423 g/mol. The zero-order valence-corrected chi connectivity index (χ0v) is 16.8. The minimum atomic E-state index is -0.531. The van der Waals surface area contributed by atoms with Gasteiger partial charge in [-0.3, -0.25) is 14.2 Å². The fraction of sp³-hybridized carbons (Fsp3) is 0.273. The largest absolute Gasteiger partial charge is 0.352 e. The lowest BCUT2D eigenvalue weighted by molar-refractivity contribution is -0.122. The first-order chi connectivity index (χ1) is 15.0. The normalized spacial score (nSPS) is 14.4. The van der Waals surface area contributed by atoms with Crippen molar-refractivity contribution in [3.63, 3.8) is 0 Å². The van der Waals surface area contributed by atoms with Crippen molar-refractivity contribution in [3.8, 4) is 0 Å². The molecule has 1 fully saturated rings. The van der Waals surface area contributed by atoms with Crippen LogP contribution < -0.4 is 16.2 Å². The zero-order valence-electron chi connectivity index (χ0n) is 16.8. The third kappa shape index (κ3) is 4.88. The number of hydrogen-bond donors (Lipinski definition) is 2. The van der Waals surface area contributed by atoms with Gasteiger partial charge in [0.05, 0.1) is 17.2 Å². The van der Waals surface area contributed by atoms with Crippen LogP contribution in [0.3, 0.4) is 0 Å². The SMILES string of the molecule is O=C(Cn1cnc2ccc(F)cc2c1=O)NC1CCN(C(=O)Nc2ccccc2)CC1. The predicted octanol–water partition coefficient (Wildman–Crippen LogP) is 2.35. The Balaban J connectivity index is 1.30. The van der Waals surface area contributed by atoms with E-state index >= 15 is 0 Å². The van der Waals surface area contributed by atoms with Gasteiger partial charge in [0.2, 0.25) is 5.91 Å². The molecule has 0 spiro atoms. The van der Waals surface area contributed by atoms with Gasteiger partial charge >= 0.3 is 6.03 Å². The highest BCUT2D eigenvalue weighted by molar-refractivity contribution is 5.89. The topological polar surface area (TPSA) is 96.3 Å². The van der Waals surface area contributed by atoms with Crippen molar-refractivity contribution in [2.24, 2.45) is 0 Å². The van der Waals surface area contributed by atoms with E-state index in [2.05, 4.69) is 15.6 Å². The number of nitrogens with one attached hydrogen (secondary N) is 2. The maximum absolute atomic E-state index is 13.4. The number of halogens is 1. The molecule has 1 aliphatic heterocycles. The van der Waals surface area contributed by atoms with E-state index in [-0.39, 0.29) is 29.9 Å². The number of urea groups is 1. The highest BCUT2D eigenvalue weighted by atomic mass is 19.1. The van der Waals surface area contributed by atoms with Crippen LogP contribution in [-0.4, -0.2) is 45.5 Å². The number of hydrogen-bond acceptors (Lipinski definition) is 4. The van der Waals surface area contributed by atoms with Gasteiger partial charge in [-0.15, -0.1) is 0 Å². The summed E-state index contributed by atoms with van der Waals surface area (Å²) < 4.78 is 14.6. The second kappa shape index (κ2) is 8.95. The molecule has 0 atom stereocenters.